The average Bonchev–Trinajstić information content (AvgIpc) is 3.34. The minimum absolute atomic E-state index is 0.0788. The summed E-state index contributed by atoms with van der Waals surface area (Å²) in [5.41, 5.74) is 0.227. The molecule has 2 fully saturated rings. The third kappa shape index (κ3) is 4.96. The highest BCUT2D eigenvalue weighted by Gasteiger charge is 2.49. The second kappa shape index (κ2) is 9.45. The number of piperidine rings is 1. The maximum Gasteiger partial charge on any atom is 0.343 e. The molecule has 6 heteroatoms. The van der Waals surface area contributed by atoms with Crippen molar-refractivity contribution >= 4 is 5.97 Å². The zero-order valence-corrected chi connectivity index (χ0v) is 18.4. The number of esters is 1. The zero-order chi connectivity index (χ0) is 21.7. The Balaban J connectivity index is 1.44. The molecule has 2 unspecified atom stereocenters. The molecule has 4 rings (SSSR count). The predicted octanol–water partition coefficient (Wildman–Crippen LogP) is 3.25. The summed E-state index contributed by atoms with van der Waals surface area (Å²) < 4.78 is 6.89. The molecule has 1 aromatic carbocycles. The molecule has 1 saturated heterocycles. The van der Waals surface area contributed by atoms with Crippen molar-refractivity contribution in [2.24, 2.45) is 5.92 Å². The number of aliphatic hydroxyl groups is 1. The standard InChI is InChI=1S/C25H34N3O3/c1-28(15-13-20-16-26-19-27-17-20)14-7-12-23(18-28)31-24(29)25(30,22-10-5-6-11-22)21-8-3-2-4-9-21/h2-4,8-9,16-17,19,22-23,30H,5-7,10-15,18H2,1H3/q+1/t23-,25?,28?/m1/s1. The Hall–Kier alpha value is -2.31. The van der Waals surface area contributed by atoms with E-state index in [-0.39, 0.29) is 12.0 Å². The number of carbonyl (C=O) groups excluding carboxylic acids is 1. The Bertz CT molecular complexity index is 857. The van der Waals surface area contributed by atoms with Crippen LogP contribution in [0, 0.1) is 5.92 Å². The molecule has 0 spiro atoms. The molecule has 0 bridgehead atoms. The summed E-state index contributed by atoms with van der Waals surface area (Å²) in [4.78, 5) is 21.6. The third-order valence-corrected chi connectivity index (χ3v) is 7.17. The van der Waals surface area contributed by atoms with Crippen molar-refractivity contribution in [3.05, 3.63) is 60.2 Å². The van der Waals surface area contributed by atoms with Gasteiger partial charge in [-0.15, -0.1) is 0 Å². The van der Waals surface area contributed by atoms with Crippen LogP contribution in [0.1, 0.15) is 49.7 Å². The summed E-state index contributed by atoms with van der Waals surface area (Å²) in [6.07, 6.45) is 11.7. The van der Waals surface area contributed by atoms with Crippen molar-refractivity contribution in [1.82, 2.24) is 9.97 Å². The topological polar surface area (TPSA) is 72.3 Å². The minimum Gasteiger partial charge on any atom is -0.454 e. The monoisotopic (exact) mass is 424 g/mol. The van der Waals surface area contributed by atoms with E-state index in [1.807, 2.05) is 42.7 Å². The first-order valence-corrected chi connectivity index (χ1v) is 11.6. The molecule has 2 aliphatic rings. The quantitative estimate of drug-likeness (QED) is 0.546. The largest absolute Gasteiger partial charge is 0.454 e. The van der Waals surface area contributed by atoms with Gasteiger partial charge < -0.3 is 14.3 Å². The molecule has 1 aliphatic carbocycles. The number of ether oxygens (including phenoxy) is 1. The first-order chi connectivity index (χ1) is 15.0. The number of hydrogen-bond acceptors (Lipinski definition) is 5. The fraction of sp³-hybridized carbons (Fsp3) is 0.560. The van der Waals surface area contributed by atoms with E-state index < -0.39 is 11.6 Å². The molecule has 2 aromatic rings. The lowest BCUT2D eigenvalue weighted by atomic mass is 9.80. The van der Waals surface area contributed by atoms with Crippen LogP contribution in [0.4, 0.5) is 0 Å². The van der Waals surface area contributed by atoms with Gasteiger partial charge in [-0.25, -0.2) is 14.8 Å². The maximum atomic E-state index is 13.4. The highest BCUT2D eigenvalue weighted by atomic mass is 16.6. The van der Waals surface area contributed by atoms with Crippen LogP contribution in [-0.2, 0) is 21.6 Å². The lowest BCUT2D eigenvalue weighted by molar-refractivity contribution is -0.916. The lowest BCUT2D eigenvalue weighted by Crippen LogP contribution is -2.56. The summed E-state index contributed by atoms with van der Waals surface area (Å²) in [7, 11) is 2.23. The van der Waals surface area contributed by atoms with Gasteiger partial charge in [0.1, 0.15) is 12.9 Å². The van der Waals surface area contributed by atoms with Gasteiger partial charge in [0, 0.05) is 31.2 Å². The molecule has 1 aliphatic heterocycles. The summed E-state index contributed by atoms with van der Waals surface area (Å²) in [6.45, 7) is 2.79. The third-order valence-electron chi connectivity index (χ3n) is 7.17. The SMILES string of the molecule is C[N+]1(CCc2cncnc2)CCC[C@@H](OC(=O)C(O)(c2ccccc2)C2CCCC2)C1. The van der Waals surface area contributed by atoms with Gasteiger partial charge in [0.05, 0.1) is 20.1 Å². The second-order valence-electron chi connectivity index (χ2n) is 9.53. The second-order valence-corrected chi connectivity index (χ2v) is 9.53. The number of carbonyl (C=O) groups is 1. The Morgan fingerprint density at radius 1 is 1.13 bits per heavy atom. The summed E-state index contributed by atoms with van der Waals surface area (Å²) in [5.74, 6) is -0.551. The molecule has 0 amide bonds. The zero-order valence-electron chi connectivity index (χ0n) is 18.4. The van der Waals surface area contributed by atoms with Crippen LogP contribution < -0.4 is 0 Å². The molecule has 166 valence electrons. The minimum atomic E-state index is -1.56. The smallest absolute Gasteiger partial charge is 0.343 e. The molecule has 2 heterocycles. The number of benzene rings is 1. The van der Waals surface area contributed by atoms with Crippen LogP contribution in [0.5, 0.6) is 0 Å². The fourth-order valence-electron chi connectivity index (χ4n) is 5.33. The Morgan fingerprint density at radius 2 is 1.84 bits per heavy atom. The number of quaternary nitrogens is 1. The van der Waals surface area contributed by atoms with Crippen molar-refractivity contribution in [2.75, 3.05) is 26.7 Å². The number of likely N-dealkylation sites (tertiary alicyclic amines) is 1. The molecular formula is C25H34N3O3+. The number of hydrogen-bond donors (Lipinski definition) is 1. The van der Waals surface area contributed by atoms with Crippen LogP contribution >= 0.6 is 0 Å². The van der Waals surface area contributed by atoms with Crippen LogP contribution in [0.2, 0.25) is 0 Å². The molecule has 6 nitrogen and oxygen atoms in total. The molecule has 1 N–H and O–H groups in total. The Labute approximate surface area is 184 Å². The first-order valence-electron chi connectivity index (χ1n) is 11.6. The van der Waals surface area contributed by atoms with E-state index in [2.05, 4.69) is 17.0 Å². The number of nitrogens with zero attached hydrogens (tertiary/aromatic N) is 3. The van der Waals surface area contributed by atoms with Crippen molar-refractivity contribution in [2.45, 2.75) is 56.7 Å². The van der Waals surface area contributed by atoms with Crippen LogP contribution in [0.3, 0.4) is 0 Å². The van der Waals surface area contributed by atoms with Crippen molar-refractivity contribution in [1.29, 1.82) is 0 Å². The van der Waals surface area contributed by atoms with E-state index in [9.17, 15) is 9.90 Å². The van der Waals surface area contributed by atoms with Gasteiger partial charge in [0.2, 0.25) is 0 Å². The first kappa shape index (κ1) is 21.9. The van der Waals surface area contributed by atoms with E-state index in [1.165, 1.54) is 0 Å². The van der Waals surface area contributed by atoms with E-state index in [0.29, 0.717) is 5.56 Å². The van der Waals surface area contributed by atoms with Crippen molar-refractivity contribution in [3.8, 4) is 0 Å². The van der Waals surface area contributed by atoms with Gasteiger partial charge in [-0.3, -0.25) is 0 Å². The Kier molecular flexibility index (Phi) is 6.68. The average molecular weight is 425 g/mol. The fourth-order valence-corrected chi connectivity index (χ4v) is 5.33. The van der Waals surface area contributed by atoms with Gasteiger partial charge in [-0.2, -0.15) is 0 Å². The van der Waals surface area contributed by atoms with Crippen molar-refractivity contribution < 1.29 is 19.1 Å². The van der Waals surface area contributed by atoms with Gasteiger partial charge in [0.15, 0.2) is 11.7 Å². The highest BCUT2D eigenvalue weighted by molar-refractivity contribution is 5.81. The summed E-state index contributed by atoms with van der Waals surface area (Å²) in [5, 5.41) is 11.7. The van der Waals surface area contributed by atoms with Crippen LogP contribution in [0.15, 0.2) is 49.1 Å². The molecule has 1 saturated carbocycles. The lowest BCUT2D eigenvalue weighted by Gasteiger charge is -2.42. The van der Waals surface area contributed by atoms with Gasteiger partial charge in [-0.1, -0.05) is 43.2 Å². The maximum absolute atomic E-state index is 13.4. The normalized spacial score (nSPS) is 26.3. The van der Waals surface area contributed by atoms with Gasteiger partial charge in [-0.05, 0) is 30.4 Å². The molecule has 31 heavy (non-hydrogen) atoms. The van der Waals surface area contributed by atoms with E-state index in [1.54, 1.807) is 6.33 Å². The van der Waals surface area contributed by atoms with Crippen LogP contribution in [-0.4, -0.2) is 58.3 Å². The molecule has 0 radical (unpaired) electrons. The molecular weight excluding hydrogens is 390 g/mol. The van der Waals surface area contributed by atoms with Crippen LogP contribution in [0.25, 0.3) is 0 Å². The number of likely N-dealkylation sites (N-methyl/N-ethyl adjacent to an activating group) is 1. The van der Waals surface area contributed by atoms with Gasteiger partial charge in [0.25, 0.3) is 0 Å². The molecule has 1 aromatic heterocycles. The molecule has 3 atom stereocenters. The number of rotatable bonds is 7. The predicted molar refractivity (Wildman–Crippen MR) is 118 cm³/mol. The van der Waals surface area contributed by atoms with E-state index in [0.717, 1.165) is 74.6 Å². The number of aromatic nitrogens is 2. The van der Waals surface area contributed by atoms with Gasteiger partial charge >= 0.3 is 5.97 Å². The van der Waals surface area contributed by atoms with E-state index >= 15 is 0 Å². The van der Waals surface area contributed by atoms with E-state index in [4.69, 9.17) is 4.74 Å². The van der Waals surface area contributed by atoms with Crippen molar-refractivity contribution in [3.63, 3.8) is 0 Å². The summed E-state index contributed by atoms with van der Waals surface area (Å²) in [6, 6.07) is 9.37. The highest BCUT2D eigenvalue weighted by Crippen LogP contribution is 2.42. The Morgan fingerprint density at radius 3 is 2.55 bits per heavy atom. The summed E-state index contributed by atoms with van der Waals surface area (Å²) >= 11 is 0.